The van der Waals surface area contributed by atoms with E-state index in [1.54, 1.807) is 23.1 Å². The molecule has 2 rings (SSSR count). The van der Waals surface area contributed by atoms with Crippen LogP contribution in [-0.4, -0.2) is 41.4 Å². The molecule has 3 N–H and O–H groups in total. The number of nitrogens with zero attached hydrogens (tertiary/aromatic N) is 2. The van der Waals surface area contributed by atoms with Gasteiger partial charge in [0.15, 0.2) is 0 Å². The van der Waals surface area contributed by atoms with Crippen LogP contribution in [0.15, 0.2) is 30.3 Å². The summed E-state index contributed by atoms with van der Waals surface area (Å²) in [6.07, 6.45) is 4.58. The van der Waals surface area contributed by atoms with E-state index in [4.69, 9.17) is 5.73 Å². The lowest BCUT2D eigenvalue weighted by molar-refractivity contribution is -0.385. The standard InChI is InChI=1S/C16H20N4O4/c17-16(22)18-10-12-4-3-9-19(11-12)15(21)8-7-13-5-1-2-6-14(13)20(23)24/h1-2,5-8,12H,3-4,9-11H2,(H3,17,18,22)/b8-7+. The summed E-state index contributed by atoms with van der Waals surface area (Å²) in [7, 11) is 0. The molecule has 3 amide bonds. The van der Waals surface area contributed by atoms with Crippen LogP contribution in [0, 0.1) is 16.0 Å². The average molecular weight is 332 g/mol. The van der Waals surface area contributed by atoms with Gasteiger partial charge in [0.2, 0.25) is 5.91 Å². The molecule has 8 heteroatoms. The summed E-state index contributed by atoms with van der Waals surface area (Å²) in [5.41, 5.74) is 5.41. The van der Waals surface area contributed by atoms with E-state index in [2.05, 4.69) is 5.32 Å². The summed E-state index contributed by atoms with van der Waals surface area (Å²) < 4.78 is 0. The van der Waals surface area contributed by atoms with Gasteiger partial charge < -0.3 is 16.0 Å². The number of nitro benzene ring substituents is 1. The summed E-state index contributed by atoms with van der Waals surface area (Å²) in [6.45, 7) is 1.60. The Balaban J connectivity index is 1.99. The molecule has 0 aliphatic carbocycles. The van der Waals surface area contributed by atoms with Crippen molar-refractivity contribution in [2.24, 2.45) is 11.7 Å². The van der Waals surface area contributed by atoms with E-state index in [1.165, 1.54) is 18.2 Å². The molecule has 1 aliphatic rings. The quantitative estimate of drug-likeness (QED) is 0.482. The molecule has 0 spiro atoms. The third-order valence-corrected chi connectivity index (χ3v) is 3.93. The van der Waals surface area contributed by atoms with Crippen LogP contribution in [0.5, 0.6) is 0 Å². The van der Waals surface area contributed by atoms with E-state index in [1.807, 2.05) is 0 Å². The minimum atomic E-state index is -0.574. The molecule has 128 valence electrons. The fourth-order valence-corrected chi connectivity index (χ4v) is 2.74. The van der Waals surface area contributed by atoms with Crippen molar-refractivity contribution >= 4 is 23.7 Å². The highest BCUT2D eigenvalue weighted by Gasteiger charge is 2.22. The van der Waals surface area contributed by atoms with E-state index in [0.29, 0.717) is 25.2 Å². The maximum absolute atomic E-state index is 12.3. The smallest absolute Gasteiger partial charge is 0.312 e. The van der Waals surface area contributed by atoms with Gasteiger partial charge in [0.1, 0.15) is 0 Å². The number of nitrogens with two attached hydrogens (primary N) is 1. The van der Waals surface area contributed by atoms with Gasteiger partial charge in [0, 0.05) is 31.8 Å². The number of nitrogens with one attached hydrogen (secondary N) is 1. The molecule has 0 aromatic heterocycles. The summed E-state index contributed by atoms with van der Waals surface area (Å²) in [6, 6.07) is 5.69. The molecule has 1 saturated heterocycles. The Morgan fingerprint density at radius 2 is 2.17 bits per heavy atom. The highest BCUT2D eigenvalue weighted by molar-refractivity contribution is 5.92. The normalized spacial score (nSPS) is 17.7. The van der Waals surface area contributed by atoms with Gasteiger partial charge in [-0.15, -0.1) is 0 Å². The maximum Gasteiger partial charge on any atom is 0.312 e. The van der Waals surface area contributed by atoms with Gasteiger partial charge in [-0.05, 0) is 30.9 Å². The largest absolute Gasteiger partial charge is 0.352 e. The Hall–Kier alpha value is -2.90. The number of urea groups is 1. The van der Waals surface area contributed by atoms with E-state index in [-0.39, 0.29) is 17.5 Å². The van der Waals surface area contributed by atoms with Gasteiger partial charge in [0.25, 0.3) is 5.69 Å². The van der Waals surface area contributed by atoms with E-state index in [0.717, 1.165) is 12.8 Å². The molecule has 0 radical (unpaired) electrons. The molecule has 1 atom stereocenters. The molecule has 1 aromatic carbocycles. The number of primary amides is 1. The molecule has 1 aliphatic heterocycles. The van der Waals surface area contributed by atoms with Crippen LogP contribution >= 0.6 is 0 Å². The number of amides is 3. The molecule has 0 bridgehead atoms. The molecule has 1 fully saturated rings. The van der Waals surface area contributed by atoms with Gasteiger partial charge in [-0.25, -0.2) is 4.79 Å². The van der Waals surface area contributed by atoms with E-state index in [9.17, 15) is 19.7 Å². The first-order chi connectivity index (χ1) is 11.5. The summed E-state index contributed by atoms with van der Waals surface area (Å²) >= 11 is 0. The summed E-state index contributed by atoms with van der Waals surface area (Å²) in [4.78, 5) is 35.2. The lowest BCUT2D eigenvalue weighted by Crippen LogP contribution is -2.44. The SMILES string of the molecule is NC(=O)NCC1CCCN(C(=O)/C=C/c2ccccc2[N+](=O)[O-])C1. The number of nitro groups is 1. The molecule has 1 unspecified atom stereocenters. The number of carbonyl (C=O) groups excluding carboxylic acids is 2. The van der Waals surface area contributed by atoms with Crippen LogP contribution in [0.2, 0.25) is 0 Å². The fourth-order valence-electron chi connectivity index (χ4n) is 2.74. The Kier molecular flexibility index (Phi) is 5.89. The van der Waals surface area contributed by atoms with Crippen LogP contribution in [-0.2, 0) is 4.79 Å². The zero-order chi connectivity index (χ0) is 17.5. The lowest BCUT2D eigenvalue weighted by Gasteiger charge is -2.32. The van der Waals surface area contributed by atoms with Crippen molar-refractivity contribution in [3.8, 4) is 0 Å². The summed E-state index contributed by atoms with van der Waals surface area (Å²) in [5.74, 6) is -0.0356. The van der Waals surface area contributed by atoms with Crippen molar-refractivity contribution in [3.05, 3.63) is 46.0 Å². The van der Waals surface area contributed by atoms with Crippen molar-refractivity contribution in [1.82, 2.24) is 10.2 Å². The highest BCUT2D eigenvalue weighted by atomic mass is 16.6. The molecule has 1 aromatic rings. The number of piperidine rings is 1. The third kappa shape index (κ3) is 4.80. The lowest BCUT2D eigenvalue weighted by atomic mass is 9.98. The number of para-hydroxylation sites is 1. The zero-order valence-electron chi connectivity index (χ0n) is 13.2. The van der Waals surface area contributed by atoms with Crippen molar-refractivity contribution in [2.45, 2.75) is 12.8 Å². The van der Waals surface area contributed by atoms with Crippen LogP contribution in [0.25, 0.3) is 6.08 Å². The zero-order valence-corrected chi connectivity index (χ0v) is 13.2. The fraction of sp³-hybridized carbons (Fsp3) is 0.375. The molecule has 8 nitrogen and oxygen atoms in total. The van der Waals surface area contributed by atoms with Gasteiger partial charge in [0.05, 0.1) is 10.5 Å². The number of hydrogen-bond donors (Lipinski definition) is 2. The van der Waals surface area contributed by atoms with Crippen molar-refractivity contribution in [2.75, 3.05) is 19.6 Å². The molecular weight excluding hydrogens is 312 g/mol. The third-order valence-electron chi connectivity index (χ3n) is 3.93. The minimum absolute atomic E-state index is 0.0382. The number of hydrogen-bond acceptors (Lipinski definition) is 4. The van der Waals surface area contributed by atoms with E-state index < -0.39 is 11.0 Å². The van der Waals surface area contributed by atoms with Crippen LogP contribution in [0.4, 0.5) is 10.5 Å². The second kappa shape index (κ2) is 8.09. The van der Waals surface area contributed by atoms with Gasteiger partial charge in [-0.1, -0.05) is 12.1 Å². The van der Waals surface area contributed by atoms with Gasteiger partial charge in [-0.2, -0.15) is 0 Å². The maximum atomic E-state index is 12.3. The Bertz CT molecular complexity index is 659. The van der Waals surface area contributed by atoms with Gasteiger partial charge in [-0.3, -0.25) is 14.9 Å². The highest BCUT2D eigenvalue weighted by Crippen LogP contribution is 2.20. The molecule has 0 saturated carbocycles. The first-order valence-electron chi connectivity index (χ1n) is 7.71. The van der Waals surface area contributed by atoms with Crippen molar-refractivity contribution in [3.63, 3.8) is 0 Å². The molecule has 24 heavy (non-hydrogen) atoms. The molecule has 1 heterocycles. The van der Waals surface area contributed by atoms with Crippen molar-refractivity contribution in [1.29, 1.82) is 0 Å². The first-order valence-corrected chi connectivity index (χ1v) is 7.71. The van der Waals surface area contributed by atoms with Crippen LogP contribution in [0.1, 0.15) is 18.4 Å². The van der Waals surface area contributed by atoms with Gasteiger partial charge >= 0.3 is 6.03 Å². The molecular formula is C16H20N4O4. The number of rotatable bonds is 5. The number of carbonyl (C=O) groups is 2. The minimum Gasteiger partial charge on any atom is -0.352 e. The monoisotopic (exact) mass is 332 g/mol. The Morgan fingerprint density at radius 1 is 1.42 bits per heavy atom. The van der Waals surface area contributed by atoms with E-state index >= 15 is 0 Å². The number of likely N-dealkylation sites (tertiary alicyclic amines) is 1. The first kappa shape index (κ1) is 17.5. The predicted octanol–water partition coefficient (Wildman–Crippen LogP) is 1.51. The topological polar surface area (TPSA) is 119 Å². The number of benzene rings is 1. The second-order valence-corrected chi connectivity index (χ2v) is 5.69. The second-order valence-electron chi connectivity index (χ2n) is 5.69. The van der Waals surface area contributed by atoms with Crippen LogP contribution in [0.3, 0.4) is 0 Å². The summed E-state index contributed by atoms with van der Waals surface area (Å²) in [5, 5.41) is 13.5. The Morgan fingerprint density at radius 3 is 2.88 bits per heavy atom. The Labute approximate surface area is 139 Å². The van der Waals surface area contributed by atoms with Crippen LogP contribution < -0.4 is 11.1 Å². The average Bonchev–Trinajstić information content (AvgIpc) is 2.58. The van der Waals surface area contributed by atoms with Crippen molar-refractivity contribution < 1.29 is 14.5 Å². The predicted molar refractivity (Wildman–Crippen MR) is 89.0 cm³/mol.